The van der Waals surface area contributed by atoms with Crippen LogP contribution in [0, 0.1) is 5.41 Å². The van der Waals surface area contributed by atoms with Gasteiger partial charge >= 0.3 is 0 Å². The van der Waals surface area contributed by atoms with Gasteiger partial charge in [0, 0.05) is 66.2 Å². The maximum atomic E-state index is 13.0. The minimum atomic E-state index is -0.437. The molecule has 0 bridgehead atoms. The van der Waals surface area contributed by atoms with Crippen LogP contribution in [0.5, 0.6) is 0 Å². The van der Waals surface area contributed by atoms with Gasteiger partial charge < -0.3 is 25.2 Å². The van der Waals surface area contributed by atoms with E-state index in [1.807, 2.05) is 30.0 Å². The average Bonchev–Trinajstić information content (AvgIpc) is 2.68. The molecule has 2 aliphatic rings. The Morgan fingerprint density at radius 1 is 1.28 bits per heavy atom. The summed E-state index contributed by atoms with van der Waals surface area (Å²) in [4.78, 5) is 27.9. The van der Waals surface area contributed by atoms with E-state index in [4.69, 9.17) is 10.5 Å². The first kappa shape index (κ1) is 17.9. The highest BCUT2D eigenvalue weighted by Gasteiger charge is 2.42. The SMILES string of the molecule is CN(C)c1nccc(N2CCN(C(=O)C3(CN)CCOCC3)CC2)n1. The number of hydrogen-bond acceptors (Lipinski definition) is 7. The summed E-state index contributed by atoms with van der Waals surface area (Å²) in [6.07, 6.45) is 3.22. The number of ether oxygens (including phenoxy) is 1. The smallest absolute Gasteiger partial charge is 0.230 e. The Bertz CT molecular complexity index is 595. The molecular weight excluding hydrogens is 320 g/mol. The maximum Gasteiger partial charge on any atom is 0.230 e. The molecule has 0 aliphatic carbocycles. The second kappa shape index (κ2) is 7.53. The zero-order valence-corrected chi connectivity index (χ0v) is 15.1. The molecule has 0 atom stereocenters. The lowest BCUT2D eigenvalue weighted by atomic mass is 9.78. The second-order valence-corrected chi connectivity index (χ2v) is 6.99. The van der Waals surface area contributed by atoms with Crippen molar-refractivity contribution < 1.29 is 9.53 Å². The number of piperazine rings is 1. The lowest BCUT2D eigenvalue weighted by Crippen LogP contribution is -2.56. The molecule has 138 valence electrons. The summed E-state index contributed by atoms with van der Waals surface area (Å²) >= 11 is 0. The molecule has 3 rings (SSSR count). The fraction of sp³-hybridized carbons (Fsp3) is 0.706. The molecule has 2 N–H and O–H groups in total. The molecule has 3 heterocycles. The standard InChI is InChI=1S/C17H28N6O2/c1-21(2)16-19-6-3-14(20-16)22-7-9-23(10-8-22)15(24)17(13-18)4-11-25-12-5-17/h3,6H,4-5,7-13,18H2,1-2H3. The van der Waals surface area contributed by atoms with Gasteiger partial charge in [0.15, 0.2) is 0 Å². The fourth-order valence-electron chi connectivity index (χ4n) is 3.47. The van der Waals surface area contributed by atoms with E-state index < -0.39 is 5.41 Å². The molecule has 2 aliphatic heterocycles. The molecule has 1 amide bonds. The average molecular weight is 348 g/mol. The van der Waals surface area contributed by atoms with Crippen molar-refractivity contribution in [2.24, 2.45) is 11.1 Å². The number of carbonyl (C=O) groups excluding carboxylic acids is 1. The van der Waals surface area contributed by atoms with Gasteiger partial charge in [-0.2, -0.15) is 4.98 Å². The highest BCUT2D eigenvalue weighted by Crippen LogP contribution is 2.32. The quantitative estimate of drug-likeness (QED) is 0.816. The number of nitrogens with zero attached hydrogens (tertiary/aromatic N) is 5. The van der Waals surface area contributed by atoms with Crippen molar-refractivity contribution in [1.82, 2.24) is 14.9 Å². The lowest BCUT2D eigenvalue weighted by molar-refractivity contribution is -0.147. The van der Waals surface area contributed by atoms with Crippen LogP contribution in [0.15, 0.2) is 12.3 Å². The molecule has 0 aromatic carbocycles. The third kappa shape index (κ3) is 3.69. The summed E-state index contributed by atoms with van der Waals surface area (Å²) in [7, 11) is 3.85. The third-order valence-electron chi connectivity index (χ3n) is 5.21. The van der Waals surface area contributed by atoms with Crippen LogP contribution < -0.4 is 15.5 Å². The van der Waals surface area contributed by atoms with E-state index in [2.05, 4.69) is 14.9 Å². The van der Waals surface area contributed by atoms with Gasteiger partial charge in [0.25, 0.3) is 0 Å². The van der Waals surface area contributed by atoms with Crippen molar-refractivity contribution >= 4 is 17.7 Å². The molecule has 1 aromatic rings. The summed E-state index contributed by atoms with van der Waals surface area (Å²) in [5.41, 5.74) is 5.54. The second-order valence-electron chi connectivity index (χ2n) is 6.99. The Morgan fingerprint density at radius 2 is 1.96 bits per heavy atom. The van der Waals surface area contributed by atoms with Crippen LogP contribution >= 0.6 is 0 Å². The van der Waals surface area contributed by atoms with Gasteiger partial charge in [-0.25, -0.2) is 4.98 Å². The monoisotopic (exact) mass is 348 g/mol. The molecule has 8 nitrogen and oxygen atoms in total. The molecule has 0 radical (unpaired) electrons. The molecule has 8 heteroatoms. The minimum Gasteiger partial charge on any atom is -0.381 e. The van der Waals surface area contributed by atoms with Gasteiger partial charge in [-0.1, -0.05) is 0 Å². The Labute approximate surface area is 148 Å². The molecule has 25 heavy (non-hydrogen) atoms. The lowest BCUT2D eigenvalue weighted by Gasteiger charge is -2.42. The van der Waals surface area contributed by atoms with E-state index in [0.717, 1.165) is 31.7 Å². The van der Waals surface area contributed by atoms with Crippen LogP contribution in [-0.4, -0.2) is 80.8 Å². The van der Waals surface area contributed by atoms with Crippen molar-refractivity contribution in [3.63, 3.8) is 0 Å². The van der Waals surface area contributed by atoms with Crippen molar-refractivity contribution in [1.29, 1.82) is 0 Å². The molecule has 2 fully saturated rings. The normalized spacial score (nSPS) is 20.4. The van der Waals surface area contributed by atoms with Gasteiger partial charge in [-0.05, 0) is 18.9 Å². The number of hydrogen-bond donors (Lipinski definition) is 1. The number of amides is 1. The predicted molar refractivity (Wildman–Crippen MR) is 96.7 cm³/mol. The van der Waals surface area contributed by atoms with Gasteiger partial charge in [-0.3, -0.25) is 4.79 Å². The van der Waals surface area contributed by atoms with Crippen molar-refractivity contribution in [3.05, 3.63) is 12.3 Å². The Morgan fingerprint density at radius 3 is 2.56 bits per heavy atom. The topological polar surface area (TPSA) is 87.8 Å². The van der Waals surface area contributed by atoms with Gasteiger partial charge in [0.2, 0.25) is 11.9 Å². The summed E-state index contributed by atoms with van der Waals surface area (Å²) in [6, 6.07) is 1.92. The molecule has 2 saturated heterocycles. The number of anilines is 2. The van der Waals surface area contributed by atoms with Crippen molar-refractivity contribution in [2.45, 2.75) is 12.8 Å². The fourth-order valence-corrected chi connectivity index (χ4v) is 3.47. The Kier molecular flexibility index (Phi) is 5.39. The summed E-state index contributed by atoms with van der Waals surface area (Å²) in [6.45, 7) is 4.58. The number of carbonyl (C=O) groups is 1. The zero-order valence-electron chi connectivity index (χ0n) is 15.1. The molecule has 1 aromatic heterocycles. The van der Waals surface area contributed by atoms with E-state index in [-0.39, 0.29) is 5.91 Å². The molecule has 0 saturated carbocycles. The minimum absolute atomic E-state index is 0.189. The van der Waals surface area contributed by atoms with Gasteiger partial charge in [-0.15, -0.1) is 0 Å². The Balaban J connectivity index is 1.63. The molecule has 0 spiro atoms. The van der Waals surface area contributed by atoms with Gasteiger partial charge in [0.1, 0.15) is 5.82 Å². The number of aromatic nitrogens is 2. The summed E-state index contributed by atoms with van der Waals surface area (Å²) in [5.74, 6) is 1.79. The van der Waals surface area contributed by atoms with E-state index in [0.29, 0.717) is 38.8 Å². The van der Waals surface area contributed by atoms with Crippen LogP contribution in [-0.2, 0) is 9.53 Å². The zero-order chi connectivity index (χ0) is 17.9. The van der Waals surface area contributed by atoms with Crippen LogP contribution in [0.3, 0.4) is 0 Å². The molecule has 0 unspecified atom stereocenters. The van der Waals surface area contributed by atoms with E-state index in [1.165, 1.54) is 0 Å². The van der Waals surface area contributed by atoms with E-state index >= 15 is 0 Å². The highest BCUT2D eigenvalue weighted by atomic mass is 16.5. The first-order valence-corrected chi connectivity index (χ1v) is 8.88. The Hall–Kier alpha value is -1.93. The molecular formula is C17H28N6O2. The number of nitrogens with two attached hydrogens (primary N) is 1. The summed E-state index contributed by atoms with van der Waals surface area (Å²) < 4.78 is 5.42. The van der Waals surface area contributed by atoms with Crippen LogP contribution in [0.1, 0.15) is 12.8 Å². The van der Waals surface area contributed by atoms with Crippen LogP contribution in [0.4, 0.5) is 11.8 Å². The predicted octanol–water partition coefficient (Wildman–Crippen LogP) is -0.0533. The van der Waals surface area contributed by atoms with Crippen molar-refractivity contribution in [2.75, 3.05) is 69.8 Å². The summed E-state index contributed by atoms with van der Waals surface area (Å²) in [5, 5.41) is 0. The number of rotatable bonds is 4. The van der Waals surface area contributed by atoms with E-state index in [1.54, 1.807) is 6.20 Å². The van der Waals surface area contributed by atoms with Crippen molar-refractivity contribution in [3.8, 4) is 0 Å². The van der Waals surface area contributed by atoms with Gasteiger partial charge in [0.05, 0.1) is 5.41 Å². The first-order valence-electron chi connectivity index (χ1n) is 8.88. The maximum absolute atomic E-state index is 13.0. The highest BCUT2D eigenvalue weighted by molar-refractivity contribution is 5.83. The largest absolute Gasteiger partial charge is 0.381 e. The van der Waals surface area contributed by atoms with Crippen LogP contribution in [0.25, 0.3) is 0 Å². The van der Waals surface area contributed by atoms with E-state index in [9.17, 15) is 4.79 Å². The van der Waals surface area contributed by atoms with Crippen LogP contribution in [0.2, 0.25) is 0 Å². The first-order chi connectivity index (χ1) is 12.1. The third-order valence-corrected chi connectivity index (χ3v) is 5.21.